The van der Waals surface area contributed by atoms with Crippen molar-refractivity contribution in [2.75, 3.05) is 32.8 Å². The molecule has 2 aliphatic rings. The lowest BCUT2D eigenvalue weighted by molar-refractivity contribution is -0.129. The lowest BCUT2D eigenvalue weighted by atomic mass is 9.95. The fraction of sp³-hybridized carbons (Fsp3) is 0.391. The van der Waals surface area contributed by atoms with Crippen molar-refractivity contribution in [1.82, 2.24) is 9.80 Å². The Kier molecular flexibility index (Phi) is 6.20. The van der Waals surface area contributed by atoms with Crippen LogP contribution in [-0.2, 0) is 4.79 Å². The molecule has 0 saturated carbocycles. The molecule has 158 valence electrons. The van der Waals surface area contributed by atoms with Gasteiger partial charge in [-0.3, -0.25) is 9.59 Å². The molecule has 1 aromatic heterocycles. The smallest absolute Gasteiger partial charge is 0.290 e. The minimum absolute atomic E-state index is 0.150. The molecule has 1 atom stereocenters. The zero-order valence-electron chi connectivity index (χ0n) is 17.0. The number of aliphatic hydroxyl groups excluding tert-OH is 1. The second-order valence-electron chi connectivity index (χ2n) is 7.52. The monoisotopic (exact) mass is 426 g/mol. The van der Waals surface area contributed by atoms with E-state index in [1.54, 1.807) is 17.0 Å². The van der Waals surface area contributed by atoms with E-state index in [1.165, 1.54) is 24.2 Å². The summed E-state index contributed by atoms with van der Waals surface area (Å²) in [4.78, 5) is 30.7. The number of benzene rings is 1. The number of Topliss-reactive ketones (excluding diaryl/α,β-unsaturated/α-hetero) is 1. The molecule has 2 aliphatic heterocycles. The molecule has 1 fully saturated rings. The van der Waals surface area contributed by atoms with E-state index in [-0.39, 0.29) is 11.4 Å². The molecule has 3 heterocycles. The highest BCUT2D eigenvalue weighted by atomic mass is 32.1. The minimum Gasteiger partial charge on any atom is -0.503 e. The maximum atomic E-state index is 13.2. The topological polar surface area (TPSA) is 70.1 Å². The molecular weight excluding hydrogens is 400 g/mol. The lowest BCUT2D eigenvalue weighted by Gasteiger charge is -2.28. The normalized spacial score (nSPS) is 19.7. The highest BCUT2D eigenvalue weighted by Gasteiger charge is 2.44. The number of carbonyl (C=O) groups excluding carboxylic acids is 2. The first-order valence-corrected chi connectivity index (χ1v) is 11.3. The molecule has 1 saturated heterocycles. The lowest BCUT2D eigenvalue weighted by Crippen LogP contribution is -2.37. The fourth-order valence-electron chi connectivity index (χ4n) is 4.20. The summed E-state index contributed by atoms with van der Waals surface area (Å²) in [6.07, 6.45) is 2.33. The highest BCUT2D eigenvalue weighted by Crippen LogP contribution is 2.40. The van der Waals surface area contributed by atoms with Gasteiger partial charge >= 0.3 is 0 Å². The number of likely N-dealkylation sites (tertiary alicyclic amines) is 1. The Morgan fingerprint density at radius 3 is 2.70 bits per heavy atom. The second-order valence-corrected chi connectivity index (χ2v) is 8.47. The predicted octanol–water partition coefficient (Wildman–Crippen LogP) is 3.82. The number of nitrogens with zero attached hydrogens (tertiary/aromatic N) is 2. The molecule has 1 unspecified atom stereocenters. The summed E-state index contributed by atoms with van der Waals surface area (Å²) in [5.41, 5.74) is 0.914. The Bertz CT molecular complexity index is 948. The van der Waals surface area contributed by atoms with Crippen LogP contribution in [0.25, 0.3) is 0 Å². The van der Waals surface area contributed by atoms with E-state index in [0.717, 1.165) is 25.2 Å². The van der Waals surface area contributed by atoms with Gasteiger partial charge < -0.3 is 19.6 Å². The number of ether oxygens (including phenoxy) is 1. The van der Waals surface area contributed by atoms with Gasteiger partial charge in [-0.05, 0) is 62.0 Å². The van der Waals surface area contributed by atoms with Gasteiger partial charge in [0.05, 0.1) is 23.1 Å². The van der Waals surface area contributed by atoms with Crippen LogP contribution in [0.1, 0.15) is 41.0 Å². The van der Waals surface area contributed by atoms with Crippen molar-refractivity contribution in [2.45, 2.75) is 25.8 Å². The summed E-state index contributed by atoms with van der Waals surface area (Å²) in [5, 5.41) is 12.5. The molecular formula is C23H26N2O4S. The number of aliphatic hydroxyl groups is 1. The van der Waals surface area contributed by atoms with Gasteiger partial charge in [0, 0.05) is 13.1 Å². The van der Waals surface area contributed by atoms with Crippen molar-refractivity contribution in [3.63, 3.8) is 0 Å². The van der Waals surface area contributed by atoms with Gasteiger partial charge in [0.1, 0.15) is 5.75 Å². The molecule has 1 amide bonds. The number of amides is 1. The minimum atomic E-state index is -0.630. The maximum Gasteiger partial charge on any atom is 0.290 e. The SMILES string of the molecule is CCOc1cccc(C2C(C(=O)c3cccs3)=C(O)C(=O)N2CCN2CCCC2)c1. The van der Waals surface area contributed by atoms with Gasteiger partial charge in [-0.15, -0.1) is 11.3 Å². The van der Waals surface area contributed by atoms with Crippen LogP contribution in [0.15, 0.2) is 53.1 Å². The molecule has 0 spiro atoms. The zero-order valence-corrected chi connectivity index (χ0v) is 17.9. The fourth-order valence-corrected chi connectivity index (χ4v) is 4.88. The molecule has 30 heavy (non-hydrogen) atoms. The van der Waals surface area contributed by atoms with E-state index in [1.807, 2.05) is 36.6 Å². The summed E-state index contributed by atoms with van der Waals surface area (Å²) in [6, 6.07) is 10.3. The van der Waals surface area contributed by atoms with Crippen LogP contribution in [0.4, 0.5) is 0 Å². The number of ketones is 1. The number of thiophene rings is 1. The van der Waals surface area contributed by atoms with Crippen LogP contribution in [-0.4, -0.2) is 59.4 Å². The van der Waals surface area contributed by atoms with Gasteiger partial charge in [-0.1, -0.05) is 18.2 Å². The molecule has 0 aliphatic carbocycles. The first kappa shape index (κ1) is 20.6. The van der Waals surface area contributed by atoms with Crippen LogP contribution in [0, 0.1) is 0 Å². The van der Waals surface area contributed by atoms with E-state index in [4.69, 9.17) is 4.74 Å². The van der Waals surface area contributed by atoms with Crippen molar-refractivity contribution in [2.24, 2.45) is 0 Å². The molecule has 1 N–H and O–H groups in total. The molecule has 1 aromatic carbocycles. The highest BCUT2D eigenvalue weighted by molar-refractivity contribution is 7.12. The number of rotatable bonds is 8. The van der Waals surface area contributed by atoms with E-state index in [2.05, 4.69) is 4.90 Å². The molecule has 2 aromatic rings. The molecule has 0 radical (unpaired) electrons. The largest absolute Gasteiger partial charge is 0.503 e. The Labute approximate surface area is 180 Å². The van der Waals surface area contributed by atoms with Crippen molar-refractivity contribution < 1.29 is 19.4 Å². The quantitative estimate of drug-likeness (QED) is 0.650. The summed E-state index contributed by atoms with van der Waals surface area (Å²) in [6.45, 7) is 5.65. The van der Waals surface area contributed by atoms with Crippen LogP contribution in [0.2, 0.25) is 0 Å². The van der Waals surface area contributed by atoms with E-state index >= 15 is 0 Å². The molecule has 6 nitrogen and oxygen atoms in total. The average Bonchev–Trinajstić information content (AvgIpc) is 3.50. The van der Waals surface area contributed by atoms with Crippen molar-refractivity contribution in [1.29, 1.82) is 0 Å². The molecule has 4 rings (SSSR count). The number of carbonyl (C=O) groups is 2. The average molecular weight is 427 g/mol. The van der Waals surface area contributed by atoms with Gasteiger partial charge in [0.25, 0.3) is 5.91 Å². The first-order chi connectivity index (χ1) is 14.6. The van der Waals surface area contributed by atoms with Crippen molar-refractivity contribution in [3.05, 3.63) is 63.6 Å². The zero-order chi connectivity index (χ0) is 21.1. The molecule has 7 heteroatoms. The first-order valence-electron chi connectivity index (χ1n) is 10.4. The van der Waals surface area contributed by atoms with Crippen LogP contribution < -0.4 is 4.74 Å². The summed E-state index contributed by atoms with van der Waals surface area (Å²) < 4.78 is 5.63. The Hall–Kier alpha value is -2.64. The van der Waals surface area contributed by atoms with Crippen molar-refractivity contribution in [3.8, 4) is 5.75 Å². The summed E-state index contributed by atoms with van der Waals surface area (Å²) in [5.74, 6) is -0.551. The summed E-state index contributed by atoms with van der Waals surface area (Å²) >= 11 is 1.31. The summed E-state index contributed by atoms with van der Waals surface area (Å²) in [7, 11) is 0. The van der Waals surface area contributed by atoms with Crippen molar-refractivity contribution >= 4 is 23.0 Å². The third-order valence-corrected chi connectivity index (χ3v) is 6.50. The third kappa shape index (κ3) is 4.00. The van der Waals surface area contributed by atoms with Gasteiger partial charge in [0.2, 0.25) is 5.78 Å². The maximum absolute atomic E-state index is 13.2. The van der Waals surface area contributed by atoms with Gasteiger partial charge in [-0.25, -0.2) is 0 Å². The third-order valence-electron chi connectivity index (χ3n) is 5.63. The predicted molar refractivity (Wildman–Crippen MR) is 116 cm³/mol. The number of hydrogen-bond donors (Lipinski definition) is 1. The molecule has 0 bridgehead atoms. The van der Waals surface area contributed by atoms with E-state index < -0.39 is 17.7 Å². The second kappa shape index (κ2) is 9.02. The van der Waals surface area contributed by atoms with Crippen LogP contribution in [0.3, 0.4) is 0 Å². The van der Waals surface area contributed by atoms with Crippen LogP contribution >= 0.6 is 11.3 Å². The Morgan fingerprint density at radius 2 is 2.00 bits per heavy atom. The standard InChI is InChI=1S/C23H26N2O4S/c1-2-29-17-8-5-7-16(15-17)20-19(21(26)18-9-6-14-30-18)22(27)23(28)25(20)13-12-24-10-3-4-11-24/h5-9,14-15,20,27H,2-4,10-13H2,1H3. The Balaban J connectivity index is 1.70. The van der Waals surface area contributed by atoms with Gasteiger partial charge in [0.15, 0.2) is 5.76 Å². The Morgan fingerprint density at radius 1 is 1.20 bits per heavy atom. The number of hydrogen-bond acceptors (Lipinski definition) is 6. The van der Waals surface area contributed by atoms with E-state index in [0.29, 0.717) is 23.8 Å². The van der Waals surface area contributed by atoms with Crippen LogP contribution in [0.5, 0.6) is 5.75 Å². The van der Waals surface area contributed by atoms with E-state index in [9.17, 15) is 14.7 Å². The van der Waals surface area contributed by atoms with Gasteiger partial charge in [-0.2, -0.15) is 0 Å².